The Balaban J connectivity index is 2.94. The van der Waals surface area contributed by atoms with Gasteiger partial charge >= 0.3 is 0 Å². The summed E-state index contributed by atoms with van der Waals surface area (Å²) in [6, 6.07) is 5.70. The molecule has 0 bridgehead atoms. The van der Waals surface area contributed by atoms with Crippen LogP contribution in [0, 0.1) is 5.92 Å². The predicted molar refractivity (Wildman–Crippen MR) is 75.1 cm³/mol. The van der Waals surface area contributed by atoms with Crippen LogP contribution >= 0.6 is 0 Å². The van der Waals surface area contributed by atoms with Crippen LogP contribution in [0.1, 0.15) is 45.7 Å². The lowest BCUT2D eigenvalue weighted by molar-refractivity contribution is 0.190. The molecule has 2 atom stereocenters. The van der Waals surface area contributed by atoms with Crippen LogP contribution < -0.4 is 15.2 Å². The van der Waals surface area contributed by atoms with E-state index in [0.29, 0.717) is 5.92 Å². The first-order chi connectivity index (χ1) is 8.45. The second-order valence-electron chi connectivity index (χ2n) is 5.22. The molecule has 0 aromatic heterocycles. The number of nitrogens with two attached hydrogens (primary N) is 1. The third-order valence-corrected chi connectivity index (χ3v) is 2.83. The molecule has 0 aliphatic carbocycles. The fourth-order valence-electron chi connectivity index (χ4n) is 2.18. The lowest BCUT2D eigenvalue weighted by Gasteiger charge is -2.21. The van der Waals surface area contributed by atoms with Gasteiger partial charge in [-0.3, -0.25) is 0 Å². The first-order valence-electron chi connectivity index (χ1n) is 6.54. The van der Waals surface area contributed by atoms with Gasteiger partial charge in [0.05, 0.1) is 18.8 Å². The molecule has 1 rings (SSSR count). The quantitative estimate of drug-likeness (QED) is 0.841. The molecule has 0 aliphatic heterocycles. The zero-order valence-electron chi connectivity index (χ0n) is 12.1. The Morgan fingerprint density at radius 1 is 1.11 bits per heavy atom. The summed E-state index contributed by atoms with van der Waals surface area (Å²) < 4.78 is 11.4. The third kappa shape index (κ3) is 3.91. The maximum atomic E-state index is 6.01. The van der Waals surface area contributed by atoms with Crippen molar-refractivity contribution in [1.29, 1.82) is 0 Å². The summed E-state index contributed by atoms with van der Waals surface area (Å²) in [5.41, 5.74) is 6.95. The van der Waals surface area contributed by atoms with Gasteiger partial charge in [0.1, 0.15) is 11.5 Å². The Bertz CT molecular complexity index is 375. The van der Waals surface area contributed by atoms with Crippen molar-refractivity contribution in [3.8, 4) is 11.5 Å². The molecule has 0 heterocycles. The minimum atomic E-state index is -0.109. The van der Waals surface area contributed by atoms with Crippen LogP contribution in [0.4, 0.5) is 0 Å². The van der Waals surface area contributed by atoms with Crippen LogP contribution in [0.2, 0.25) is 0 Å². The van der Waals surface area contributed by atoms with Crippen molar-refractivity contribution in [3.63, 3.8) is 0 Å². The van der Waals surface area contributed by atoms with Crippen LogP contribution in [0.15, 0.2) is 18.2 Å². The number of benzene rings is 1. The Labute approximate surface area is 110 Å². The zero-order valence-corrected chi connectivity index (χ0v) is 12.1. The van der Waals surface area contributed by atoms with E-state index in [4.69, 9.17) is 15.2 Å². The highest BCUT2D eigenvalue weighted by molar-refractivity contribution is 5.46. The van der Waals surface area contributed by atoms with E-state index >= 15 is 0 Å². The molecule has 0 amide bonds. The Hall–Kier alpha value is -1.22. The lowest BCUT2D eigenvalue weighted by Crippen LogP contribution is -2.17. The summed E-state index contributed by atoms with van der Waals surface area (Å²) in [4.78, 5) is 0. The minimum absolute atomic E-state index is 0.109. The minimum Gasteiger partial charge on any atom is -0.496 e. The van der Waals surface area contributed by atoms with Gasteiger partial charge in [-0.25, -0.2) is 0 Å². The van der Waals surface area contributed by atoms with Crippen molar-refractivity contribution in [1.82, 2.24) is 0 Å². The van der Waals surface area contributed by atoms with Crippen molar-refractivity contribution in [2.45, 2.75) is 46.3 Å². The van der Waals surface area contributed by atoms with E-state index in [-0.39, 0.29) is 12.1 Å². The second-order valence-corrected chi connectivity index (χ2v) is 5.22. The summed E-state index contributed by atoms with van der Waals surface area (Å²) >= 11 is 0. The predicted octanol–water partition coefficient (Wildman–Crippen LogP) is 3.53. The smallest absolute Gasteiger partial charge is 0.128 e. The van der Waals surface area contributed by atoms with Gasteiger partial charge < -0.3 is 15.2 Å². The van der Waals surface area contributed by atoms with Gasteiger partial charge in [0.25, 0.3) is 0 Å². The van der Waals surface area contributed by atoms with Crippen molar-refractivity contribution in [2.24, 2.45) is 11.7 Å². The van der Waals surface area contributed by atoms with Crippen molar-refractivity contribution >= 4 is 0 Å². The average Bonchev–Trinajstić information content (AvgIpc) is 2.26. The Morgan fingerprint density at radius 2 is 1.72 bits per heavy atom. The largest absolute Gasteiger partial charge is 0.496 e. The third-order valence-electron chi connectivity index (χ3n) is 2.83. The lowest BCUT2D eigenvalue weighted by atomic mass is 10.1. The first-order valence-corrected chi connectivity index (χ1v) is 6.54. The fourth-order valence-corrected chi connectivity index (χ4v) is 2.18. The van der Waals surface area contributed by atoms with Crippen LogP contribution in [0.25, 0.3) is 0 Å². The maximum absolute atomic E-state index is 6.01. The number of methoxy groups -OCH3 is 1. The molecule has 0 aliphatic rings. The molecule has 2 N–H and O–H groups in total. The van der Waals surface area contributed by atoms with E-state index < -0.39 is 0 Å². The first kappa shape index (κ1) is 14.8. The monoisotopic (exact) mass is 251 g/mol. The highest BCUT2D eigenvalue weighted by atomic mass is 16.5. The van der Waals surface area contributed by atoms with Gasteiger partial charge in [0, 0.05) is 6.04 Å². The standard InChI is InChI=1S/C15H25NO2/c1-10(2)9-11(3)18-14-8-6-7-13(17-5)15(14)12(4)16/h6-8,10-12H,9,16H2,1-5H3. The molecule has 0 saturated heterocycles. The topological polar surface area (TPSA) is 44.5 Å². The van der Waals surface area contributed by atoms with Gasteiger partial charge in [-0.2, -0.15) is 0 Å². The molecular weight excluding hydrogens is 226 g/mol. The SMILES string of the molecule is COc1cccc(OC(C)CC(C)C)c1C(C)N. The van der Waals surface area contributed by atoms with Crippen LogP contribution in [0.3, 0.4) is 0 Å². The van der Waals surface area contributed by atoms with E-state index in [1.807, 2.05) is 25.1 Å². The van der Waals surface area contributed by atoms with Crippen LogP contribution in [0.5, 0.6) is 11.5 Å². The molecule has 0 spiro atoms. The zero-order chi connectivity index (χ0) is 13.7. The maximum Gasteiger partial charge on any atom is 0.128 e. The molecule has 3 heteroatoms. The summed E-state index contributed by atoms with van der Waals surface area (Å²) in [5, 5.41) is 0. The van der Waals surface area contributed by atoms with Gasteiger partial charge in [-0.1, -0.05) is 19.9 Å². The fraction of sp³-hybridized carbons (Fsp3) is 0.600. The van der Waals surface area contributed by atoms with Crippen LogP contribution in [-0.2, 0) is 0 Å². The normalized spacial score (nSPS) is 14.4. The number of hydrogen-bond donors (Lipinski definition) is 1. The van der Waals surface area contributed by atoms with E-state index in [0.717, 1.165) is 23.5 Å². The van der Waals surface area contributed by atoms with Gasteiger partial charge in [-0.15, -0.1) is 0 Å². The molecule has 18 heavy (non-hydrogen) atoms. The van der Waals surface area contributed by atoms with Crippen molar-refractivity contribution in [2.75, 3.05) is 7.11 Å². The van der Waals surface area contributed by atoms with E-state index in [1.165, 1.54) is 0 Å². The molecule has 1 aromatic carbocycles. The summed E-state index contributed by atoms with van der Waals surface area (Å²) in [6.07, 6.45) is 1.20. The molecule has 0 radical (unpaired) electrons. The van der Waals surface area contributed by atoms with E-state index in [1.54, 1.807) is 7.11 Å². The van der Waals surface area contributed by atoms with Gasteiger partial charge in [-0.05, 0) is 38.3 Å². The van der Waals surface area contributed by atoms with E-state index in [2.05, 4.69) is 20.8 Å². The summed E-state index contributed by atoms with van der Waals surface area (Å²) in [7, 11) is 1.66. The molecule has 102 valence electrons. The number of rotatable bonds is 6. The average molecular weight is 251 g/mol. The molecule has 0 saturated carbocycles. The number of hydrogen-bond acceptors (Lipinski definition) is 3. The summed E-state index contributed by atoms with van der Waals surface area (Å²) in [5.74, 6) is 2.24. The number of ether oxygens (including phenoxy) is 2. The van der Waals surface area contributed by atoms with Gasteiger partial charge in [0.15, 0.2) is 0 Å². The van der Waals surface area contributed by atoms with Gasteiger partial charge in [0.2, 0.25) is 0 Å². The molecule has 3 nitrogen and oxygen atoms in total. The van der Waals surface area contributed by atoms with Crippen LogP contribution in [-0.4, -0.2) is 13.2 Å². The Kier molecular flexibility index (Phi) is 5.48. The van der Waals surface area contributed by atoms with Crippen molar-refractivity contribution < 1.29 is 9.47 Å². The molecule has 1 aromatic rings. The molecular formula is C15H25NO2. The summed E-state index contributed by atoms with van der Waals surface area (Å²) in [6.45, 7) is 8.41. The molecule has 0 fully saturated rings. The molecule has 2 unspecified atom stereocenters. The highest BCUT2D eigenvalue weighted by Gasteiger charge is 2.16. The highest BCUT2D eigenvalue weighted by Crippen LogP contribution is 2.33. The Morgan fingerprint density at radius 3 is 2.22 bits per heavy atom. The van der Waals surface area contributed by atoms with E-state index in [9.17, 15) is 0 Å². The second kappa shape index (κ2) is 6.64. The van der Waals surface area contributed by atoms with Crippen molar-refractivity contribution in [3.05, 3.63) is 23.8 Å².